The van der Waals surface area contributed by atoms with Crippen LogP contribution in [0, 0.1) is 17.5 Å². The monoisotopic (exact) mass is 935 g/mol. The van der Waals surface area contributed by atoms with Gasteiger partial charge in [-0.15, -0.1) is 20.2 Å². The molecule has 20 heteroatoms. The molecule has 5 rings (SSSR count). The van der Waals surface area contributed by atoms with E-state index in [9.17, 15) is 19.2 Å². The second-order valence-electron chi connectivity index (χ2n) is 19.9. The zero-order chi connectivity index (χ0) is 49.8. The number of hydrogen-bond donors (Lipinski definition) is 2. The molecule has 0 aliphatic carbocycles. The third-order valence-electron chi connectivity index (χ3n) is 9.50. The molecule has 0 bridgehead atoms. The van der Waals surface area contributed by atoms with Crippen molar-refractivity contribution >= 4 is 47.4 Å². The van der Waals surface area contributed by atoms with Crippen molar-refractivity contribution in [3.8, 4) is 22.8 Å². The van der Waals surface area contributed by atoms with Crippen molar-refractivity contribution in [3.05, 3.63) is 71.1 Å². The van der Waals surface area contributed by atoms with Gasteiger partial charge in [0, 0.05) is 44.4 Å². The fourth-order valence-electron chi connectivity index (χ4n) is 6.82. The van der Waals surface area contributed by atoms with Gasteiger partial charge in [-0.05, 0) is 137 Å². The van der Waals surface area contributed by atoms with E-state index in [1.807, 2.05) is 6.08 Å². The first-order chi connectivity index (χ1) is 30.9. The summed E-state index contributed by atoms with van der Waals surface area (Å²) in [7, 11) is 1.56. The first-order valence-corrected chi connectivity index (χ1v) is 21.7. The highest BCUT2D eigenvalue weighted by molar-refractivity contribution is 6.00. The smallest absolute Gasteiger partial charge is 0.437 e. The number of aliphatic imine (C=N–C) groups is 2. The summed E-state index contributed by atoms with van der Waals surface area (Å²) in [6.07, 6.45) is 0.407. The number of ether oxygens (including phenoxy) is 4. The van der Waals surface area contributed by atoms with Gasteiger partial charge in [0.2, 0.25) is 11.9 Å². The molecule has 0 saturated heterocycles. The van der Waals surface area contributed by atoms with Gasteiger partial charge in [-0.1, -0.05) is 18.2 Å². The van der Waals surface area contributed by atoms with Crippen LogP contribution in [-0.2, 0) is 26.0 Å². The normalized spacial score (nSPS) is 15.3. The van der Waals surface area contributed by atoms with Crippen LogP contribution in [-0.4, -0.2) is 109 Å². The van der Waals surface area contributed by atoms with E-state index in [2.05, 4.69) is 30.8 Å². The van der Waals surface area contributed by atoms with Gasteiger partial charge in [-0.3, -0.25) is 10.6 Å². The van der Waals surface area contributed by atoms with Crippen LogP contribution in [0.15, 0.2) is 52.5 Å². The first-order valence-electron chi connectivity index (χ1n) is 21.7. The molecule has 0 atom stereocenters. The van der Waals surface area contributed by atoms with Crippen LogP contribution in [0.25, 0.3) is 33.9 Å². The van der Waals surface area contributed by atoms with Crippen LogP contribution in [0.2, 0.25) is 0 Å². The average molecular weight is 936 g/mol. The van der Waals surface area contributed by atoms with Crippen molar-refractivity contribution < 1.29 is 51.3 Å². The molecule has 0 fully saturated rings. The van der Waals surface area contributed by atoms with Gasteiger partial charge >= 0.3 is 24.4 Å². The zero-order valence-electron chi connectivity index (χ0n) is 40.3. The lowest BCUT2D eigenvalue weighted by molar-refractivity contribution is 0.0536. The standard InChI is InChI=1S/C47H60F3N9O8/c1-44(2,3)64-40(60)51-38(52-41(61)65-45(4,5)6)58-20-16-27(17-21-58)29-14-15-31(32(48)24-29)37-56-55-36(57(37)13)30-25-33(49)35(34(50)26-30)28-18-22-59(23-19-28)39(53-42(62)66-46(7,8)9)54-43(63)67-47(10,11)12/h14-16,18,24-26H,17,19-23H2,1-13H3,(H,51,52,60,61)(H,53,54,62,63). The Morgan fingerprint density at radius 2 is 1.00 bits per heavy atom. The number of alkyl carbamates (subject to hydrolysis) is 2. The molecule has 0 unspecified atom stereocenters. The number of nitrogens with zero attached hydrogens (tertiary/aromatic N) is 7. The zero-order valence-corrected chi connectivity index (χ0v) is 40.3. The molecular weight excluding hydrogens is 876 g/mol. The predicted molar refractivity (Wildman–Crippen MR) is 246 cm³/mol. The molecule has 3 aromatic rings. The Labute approximate surface area is 388 Å². The van der Waals surface area contributed by atoms with E-state index in [0.29, 0.717) is 24.1 Å². The molecule has 0 spiro atoms. The van der Waals surface area contributed by atoms with Gasteiger partial charge in [-0.25, -0.2) is 32.3 Å². The van der Waals surface area contributed by atoms with E-state index in [1.165, 1.54) is 10.6 Å². The van der Waals surface area contributed by atoms with E-state index in [1.54, 1.807) is 118 Å². The van der Waals surface area contributed by atoms with Gasteiger partial charge < -0.3 is 33.3 Å². The van der Waals surface area contributed by atoms with E-state index in [-0.39, 0.29) is 66.3 Å². The van der Waals surface area contributed by atoms with Crippen LogP contribution in [0.3, 0.4) is 0 Å². The Morgan fingerprint density at radius 1 is 0.582 bits per heavy atom. The van der Waals surface area contributed by atoms with Crippen LogP contribution < -0.4 is 10.6 Å². The summed E-state index contributed by atoms with van der Waals surface area (Å²) in [5, 5.41) is 13.4. The van der Waals surface area contributed by atoms with Crippen LogP contribution in [0.5, 0.6) is 0 Å². The Bertz CT molecular complexity index is 2500. The largest absolute Gasteiger partial charge is 0.444 e. The lowest BCUT2D eigenvalue weighted by Gasteiger charge is -2.30. The maximum Gasteiger partial charge on any atom is 0.437 e. The molecule has 0 saturated carbocycles. The van der Waals surface area contributed by atoms with Gasteiger partial charge in [0.1, 0.15) is 39.9 Å². The minimum Gasteiger partial charge on any atom is -0.444 e. The van der Waals surface area contributed by atoms with E-state index in [4.69, 9.17) is 18.9 Å². The number of rotatable bonds is 4. The fourth-order valence-corrected chi connectivity index (χ4v) is 6.82. The van der Waals surface area contributed by atoms with E-state index in [0.717, 1.165) is 17.7 Å². The maximum atomic E-state index is 15.9. The number of aromatic nitrogens is 3. The number of hydrogen-bond acceptors (Lipinski definition) is 10. The summed E-state index contributed by atoms with van der Waals surface area (Å²) in [6.45, 7) is 20.9. The maximum absolute atomic E-state index is 15.9. The molecule has 0 radical (unpaired) electrons. The third-order valence-corrected chi connectivity index (χ3v) is 9.50. The second kappa shape index (κ2) is 20.0. The highest BCUT2D eigenvalue weighted by Gasteiger charge is 2.29. The van der Waals surface area contributed by atoms with Crippen molar-refractivity contribution in [1.82, 2.24) is 35.2 Å². The Kier molecular flexibility index (Phi) is 15.3. The lowest BCUT2D eigenvalue weighted by atomic mass is 9.97. The molecule has 17 nitrogen and oxygen atoms in total. The molecule has 362 valence electrons. The number of guanidine groups is 2. The predicted octanol–water partition coefficient (Wildman–Crippen LogP) is 9.38. The SMILES string of the molecule is Cn1c(-c2cc(F)c(C3=CCN(C(=NC(=O)OC(C)(C)C)NC(=O)OC(C)(C)C)CC3)c(F)c2)nnc1-c1ccc(C2=CCN(C(=NC(=O)OC(C)(C)C)NC(=O)OC(C)(C)C)CC2)cc1F. The summed E-state index contributed by atoms with van der Waals surface area (Å²) in [5.74, 6) is -2.36. The molecule has 2 aromatic carbocycles. The van der Waals surface area contributed by atoms with Crippen LogP contribution in [0.1, 0.15) is 107 Å². The summed E-state index contributed by atoms with van der Waals surface area (Å²) < 4.78 is 70.5. The first kappa shape index (κ1) is 51.3. The topological polar surface area (TPSA) is 191 Å². The average Bonchev–Trinajstić information content (AvgIpc) is 3.55. The minimum absolute atomic E-state index is 0.0268. The molecule has 2 aliphatic heterocycles. The van der Waals surface area contributed by atoms with Crippen molar-refractivity contribution in [3.63, 3.8) is 0 Å². The minimum atomic E-state index is -0.949. The van der Waals surface area contributed by atoms with Gasteiger partial charge in [0.15, 0.2) is 11.6 Å². The lowest BCUT2D eigenvalue weighted by Crippen LogP contribution is -2.48. The molecular formula is C47H60F3N9O8. The van der Waals surface area contributed by atoms with Gasteiger partial charge in [0.25, 0.3) is 0 Å². The third kappa shape index (κ3) is 14.6. The Morgan fingerprint density at radius 3 is 1.40 bits per heavy atom. The fraction of sp³-hybridized carbons (Fsp3) is 0.489. The van der Waals surface area contributed by atoms with Crippen LogP contribution in [0.4, 0.5) is 32.3 Å². The van der Waals surface area contributed by atoms with Crippen molar-refractivity contribution in [2.45, 2.75) is 118 Å². The number of amides is 4. The van der Waals surface area contributed by atoms with Crippen molar-refractivity contribution in [2.24, 2.45) is 17.0 Å². The quantitative estimate of drug-likeness (QED) is 0.143. The highest BCUT2D eigenvalue weighted by Crippen LogP contribution is 2.34. The van der Waals surface area contributed by atoms with Crippen molar-refractivity contribution in [2.75, 3.05) is 26.2 Å². The summed E-state index contributed by atoms with van der Waals surface area (Å²) >= 11 is 0. The highest BCUT2D eigenvalue weighted by atomic mass is 19.1. The molecule has 4 amide bonds. The second-order valence-corrected chi connectivity index (χ2v) is 19.9. The molecule has 3 heterocycles. The van der Waals surface area contributed by atoms with E-state index < -0.39 is 64.2 Å². The Balaban J connectivity index is 1.32. The number of halogens is 3. The summed E-state index contributed by atoms with van der Waals surface area (Å²) in [5.41, 5.74) is -1.69. The van der Waals surface area contributed by atoms with Gasteiger partial charge in [0.05, 0.1) is 5.56 Å². The van der Waals surface area contributed by atoms with E-state index >= 15 is 13.2 Å². The number of benzene rings is 2. The number of nitrogens with one attached hydrogen (secondary N) is 2. The van der Waals surface area contributed by atoms with Crippen LogP contribution >= 0.6 is 0 Å². The summed E-state index contributed by atoms with van der Waals surface area (Å²) in [4.78, 5) is 61.7. The van der Waals surface area contributed by atoms with Crippen molar-refractivity contribution in [1.29, 1.82) is 0 Å². The molecule has 67 heavy (non-hydrogen) atoms. The molecule has 1 aromatic heterocycles. The number of carbonyl (C=O) groups excluding carboxylic acids is 4. The molecule has 2 aliphatic rings. The Hall–Kier alpha value is -6.73. The number of carbonyl (C=O) groups is 4. The summed E-state index contributed by atoms with van der Waals surface area (Å²) in [6, 6.07) is 6.87. The molecule has 2 N–H and O–H groups in total. The van der Waals surface area contributed by atoms with Gasteiger partial charge in [-0.2, -0.15) is 0 Å².